The van der Waals surface area contributed by atoms with Gasteiger partial charge in [0.1, 0.15) is 5.69 Å². The minimum absolute atomic E-state index is 0.0193. The summed E-state index contributed by atoms with van der Waals surface area (Å²) in [5, 5.41) is 6.91. The fourth-order valence-electron chi connectivity index (χ4n) is 3.02. The van der Waals surface area contributed by atoms with Gasteiger partial charge >= 0.3 is 0 Å². The zero-order valence-electron chi connectivity index (χ0n) is 14.6. The van der Waals surface area contributed by atoms with Crippen LogP contribution in [0.2, 0.25) is 0 Å². The maximum Gasteiger partial charge on any atom is 0.227 e. The average Bonchev–Trinajstić information content (AvgIpc) is 3.31. The molecule has 7 nitrogen and oxygen atoms in total. The predicted molar refractivity (Wildman–Crippen MR) is 93.7 cm³/mol. The second kappa shape index (κ2) is 8.71. The van der Waals surface area contributed by atoms with Crippen LogP contribution in [0.3, 0.4) is 0 Å². The van der Waals surface area contributed by atoms with Crippen LogP contribution in [0.25, 0.3) is 11.5 Å². The van der Waals surface area contributed by atoms with Crippen molar-refractivity contribution in [2.45, 2.75) is 32.6 Å². The second-order valence-corrected chi connectivity index (χ2v) is 6.64. The SMILES string of the molecule is CC(CNC(=O)CCc1nc(-c2ccccn2)no1)CN1CCCC1. The molecule has 1 aliphatic rings. The molecule has 1 saturated heterocycles. The quantitative estimate of drug-likeness (QED) is 0.788. The lowest BCUT2D eigenvalue weighted by molar-refractivity contribution is -0.121. The van der Waals surface area contributed by atoms with Crippen LogP contribution in [0.5, 0.6) is 0 Å². The average molecular weight is 343 g/mol. The van der Waals surface area contributed by atoms with Crippen LogP contribution in [0.1, 0.15) is 32.1 Å². The van der Waals surface area contributed by atoms with Gasteiger partial charge in [-0.25, -0.2) is 0 Å². The highest BCUT2D eigenvalue weighted by Crippen LogP contribution is 2.13. The van der Waals surface area contributed by atoms with Gasteiger partial charge in [-0.15, -0.1) is 0 Å². The molecule has 0 radical (unpaired) electrons. The molecule has 3 rings (SSSR count). The summed E-state index contributed by atoms with van der Waals surface area (Å²) in [5.74, 6) is 1.39. The molecule has 2 aromatic heterocycles. The van der Waals surface area contributed by atoms with Gasteiger partial charge in [-0.3, -0.25) is 9.78 Å². The summed E-state index contributed by atoms with van der Waals surface area (Å²) >= 11 is 0. The highest BCUT2D eigenvalue weighted by atomic mass is 16.5. The molecule has 25 heavy (non-hydrogen) atoms. The van der Waals surface area contributed by atoms with Crippen LogP contribution in [0.15, 0.2) is 28.9 Å². The number of likely N-dealkylation sites (tertiary alicyclic amines) is 1. The van der Waals surface area contributed by atoms with Crippen LogP contribution in [0.4, 0.5) is 0 Å². The molecule has 1 atom stereocenters. The number of hydrogen-bond donors (Lipinski definition) is 1. The van der Waals surface area contributed by atoms with E-state index in [9.17, 15) is 4.79 Å². The van der Waals surface area contributed by atoms with E-state index >= 15 is 0 Å². The van der Waals surface area contributed by atoms with E-state index in [1.807, 2.05) is 18.2 Å². The summed E-state index contributed by atoms with van der Waals surface area (Å²) in [6, 6.07) is 5.53. The Morgan fingerprint density at radius 2 is 2.20 bits per heavy atom. The molecule has 3 heterocycles. The summed E-state index contributed by atoms with van der Waals surface area (Å²) in [4.78, 5) is 22.9. The smallest absolute Gasteiger partial charge is 0.227 e. The molecule has 1 fully saturated rings. The molecular formula is C18H25N5O2. The first-order chi connectivity index (χ1) is 12.2. The van der Waals surface area contributed by atoms with Crippen molar-refractivity contribution in [3.63, 3.8) is 0 Å². The van der Waals surface area contributed by atoms with E-state index in [0.29, 0.717) is 42.7 Å². The molecule has 0 spiro atoms. The van der Waals surface area contributed by atoms with Gasteiger partial charge in [-0.05, 0) is 44.0 Å². The first-order valence-corrected chi connectivity index (χ1v) is 8.94. The van der Waals surface area contributed by atoms with Crippen molar-refractivity contribution in [2.75, 3.05) is 26.2 Å². The predicted octanol–water partition coefficient (Wildman–Crippen LogP) is 1.91. The number of nitrogens with one attached hydrogen (secondary N) is 1. The molecule has 1 aliphatic heterocycles. The van der Waals surface area contributed by atoms with Crippen molar-refractivity contribution in [1.82, 2.24) is 25.3 Å². The number of aryl methyl sites for hydroxylation is 1. The van der Waals surface area contributed by atoms with Crippen LogP contribution in [-0.2, 0) is 11.2 Å². The molecule has 0 aromatic carbocycles. The van der Waals surface area contributed by atoms with E-state index < -0.39 is 0 Å². The topological polar surface area (TPSA) is 84.2 Å². The number of aromatic nitrogens is 3. The third kappa shape index (κ3) is 5.35. The summed E-state index contributed by atoms with van der Waals surface area (Å²) in [5.41, 5.74) is 0.665. The Labute approximate surface area is 147 Å². The number of pyridine rings is 1. The first kappa shape index (κ1) is 17.5. The summed E-state index contributed by atoms with van der Waals surface area (Å²) in [6.07, 6.45) is 5.06. The lowest BCUT2D eigenvalue weighted by Gasteiger charge is -2.20. The fraction of sp³-hybridized carbons (Fsp3) is 0.556. The molecule has 2 aromatic rings. The van der Waals surface area contributed by atoms with Gasteiger partial charge in [0.05, 0.1) is 0 Å². The molecule has 1 unspecified atom stereocenters. The summed E-state index contributed by atoms with van der Waals surface area (Å²) in [7, 11) is 0. The van der Waals surface area contributed by atoms with Gasteiger partial charge in [0.15, 0.2) is 0 Å². The van der Waals surface area contributed by atoms with E-state index in [2.05, 4.69) is 32.3 Å². The Hall–Kier alpha value is -2.28. The molecule has 134 valence electrons. The van der Waals surface area contributed by atoms with Gasteiger partial charge in [-0.1, -0.05) is 18.1 Å². The van der Waals surface area contributed by atoms with E-state index in [1.165, 1.54) is 25.9 Å². The van der Waals surface area contributed by atoms with Gasteiger partial charge in [0.25, 0.3) is 0 Å². The van der Waals surface area contributed by atoms with Crippen molar-refractivity contribution in [2.24, 2.45) is 5.92 Å². The van der Waals surface area contributed by atoms with Crippen LogP contribution >= 0.6 is 0 Å². The van der Waals surface area contributed by atoms with Crippen molar-refractivity contribution in [3.8, 4) is 11.5 Å². The van der Waals surface area contributed by atoms with Gasteiger partial charge in [0, 0.05) is 32.1 Å². The third-order valence-electron chi connectivity index (χ3n) is 4.34. The van der Waals surface area contributed by atoms with Crippen molar-refractivity contribution in [1.29, 1.82) is 0 Å². The van der Waals surface area contributed by atoms with Crippen molar-refractivity contribution < 1.29 is 9.32 Å². The Morgan fingerprint density at radius 3 is 2.96 bits per heavy atom. The highest BCUT2D eigenvalue weighted by Gasteiger charge is 2.15. The van der Waals surface area contributed by atoms with Crippen molar-refractivity contribution in [3.05, 3.63) is 30.3 Å². The second-order valence-electron chi connectivity index (χ2n) is 6.64. The lowest BCUT2D eigenvalue weighted by atomic mass is 10.1. The zero-order valence-corrected chi connectivity index (χ0v) is 14.6. The van der Waals surface area contributed by atoms with Crippen LogP contribution in [-0.4, -0.2) is 52.1 Å². The molecule has 0 saturated carbocycles. The molecule has 7 heteroatoms. The van der Waals surface area contributed by atoms with E-state index in [0.717, 1.165) is 6.54 Å². The number of rotatable bonds is 8. The number of carbonyl (C=O) groups is 1. The number of hydrogen-bond acceptors (Lipinski definition) is 6. The van der Waals surface area contributed by atoms with E-state index in [4.69, 9.17) is 4.52 Å². The van der Waals surface area contributed by atoms with Gasteiger partial charge in [0.2, 0.25) is 17.6 Å². The molecule has 1 amide bonds. The van der Waals surface area contributed by atoms with E-state index in [-0.39, 0.29) is 5.91 Å². The van der Waals surface area contributed by atoms with E-state index in [1.54, 1.807) is 6.20 Å². The molecule has 0 aliphatic carbocycles. The maximum absolute atomic E-state index is 12.0. The lowest BCUT2D eigenvalue weighted by Crippen LogP contribution is -2.34. The number of nitrogens with zero attached hydrogens (tertiary/aromatic N) is 4. The Balaban J connectivity index is 1.38. The number of amides is 1. The normalized spacial score (nSPS) is 16.0. The van der Waals surface area contributed by atoms with Crippen LogP contribution < -0.4 is 5.32 Å². The highest BCUT2D eigenvalue weighted by molar-refractivity contribution is 5.76. The molecule has 1 N–H and O–H groups in total. The standard InChI is InChI=1S/C18H25N5O2/c1-14(13-23-10-4-5-11-23)12-20-16(24)7-8-17-21-18(22-25-17)15-6-2-3-9-19-15/h2-3,6,9,14H,4-5,7-8,10-13H2,1H3,(H,20,24). The zero-order chi connectivity index (χ0) is 17.5. The van der Waals surface area contributed by atoms with Gasteiger partial charge in [-0.2, -0.15) is 4.98 Å². The fourth-order valence-corrected chi connectivity index (χ4v) is 3.02. The Bertz CT molecular complexity index is 667. The molecule has 0 bridgehead atoms. The van der Waals surface area contributed by atoms with Crippen LogP contribution in [0, 0.1) is 5.92 Å². The monoisotopic (exact) mass is 343 g/mol. The Kier molecular flexibility index (Phi) is 6.11. The molecular weight excluding hydrogens is 318 g/mol. The summed E-state index contributed by atoms with van der Waals surface area (Å²) in [6.45, 7) is 6.31. The number of carbonyl (C=O) groups excluding carboxylic acids is 1. The largest absolute Gasteiger partial charge is 0.356 e. The minimum Gasteiger partial charge on any atom is -0.356 e. The Morgan fingerprint density at radius 1 is 1.36 bits per heavy atom. The van der Waals surface area contributed by atoms with Crippen molar-refractivity contribution >= 4 is 5.91 Å². The van der Waals surface area contributed by atoms with Gasteiger partial charge < -0.3 is 14.7 Å². The summed E-state index contributed by atoms with van der Waals surface area (Å²) < 4.78 is 5.20. The third-order valence-corrected chi connectivity index (χ3v) is 4.34. The first-order valence-electron chi connectivity index (χ1n) is 8.94. The maximum atomic E-state index is 12.0. The minimum atomic E-state index is 0.0193.